The van der Waals surface area contributed by atoms with Gasteiger partial charge in [-0.25, -0.2) is 0 Å². The molecule has 0 saturated carbocycles. The number of hydrogen-bond acceptors (Lipinski definition) is 5. The van der Waals surface area contributed by atoms with Crippen molar-refractivity contribution in [1.82, 2.24) is 0 Å². The third-order valence-electron chi connectivity index (χ3n) is 4.45. The molecule has 2 atom stereocenters. The van der Waals surface area contributed by atoms with Gasteiger partial charge in [0.15, 0.2) is 0 Å². The lowest BCUT2D eigenvalue weighted by molar-refractivity contribution is -0.870. The topological polar surface area (TPSA) is 78.8 Å². The van der Waals surface area contributed by atoms with E-state index in [1.165, 1.54) is 44.9 Å². The van der Waals surface area contributed by atoms with E-state index in [1.807, 2.05) is 21.1 Å². The fraction of sp³-hybridized carbons (Fsp3) is 1.00. The Morgan fingerprint density at radius 1 is 0.962 bits per heavy atom. The second-order valence-corrected chi connectivity index (χ2v) is 9.67. The van der Waals surface area contributed by atoms with Crippen LogP contribution in [0.5, 0.6) is 0 Å². The molecule has 0 aromatic heterocycles. The Kier molecular flexibility index (Phi) is 15.0. The Morgan fingerprint density at radius 2 is 1.50 bits per heavy atom. The van der Waals surface area contributed by atoms with Crippen LogP contribution in [0.1, 0.15) is 71.1 Å². The van der Waals surface area contributed by atoms with Crippen LogP contribution in [-0.4, -0.2) is 57.1 Å². The van der Waals surface area contributed by atoms with Crippen molar-refractivity contribution >= 4 is 7.82 Å². The molecule has 0 saturated heterocycles. The van der Waals surface area contributed by atoms with Gasteiger partial charge in [-0.3, -0.25) is 4.57 Å². The summed E-state index contributed by atoms with van der Waals surface area (Å²) >= 11 is 0. The van der Waals surface area contributed by atoms with E-state index >= 15 is 0 Å². The lowest BCUT2D eigenvalue weighted by atomic mass is 10.0. The number of aliphatic hydroxyl groups is 1. The van der Waals surface area contributed by atoms with E-state index in [-0.39, 0.29) is 25.7 Å². The van der Waals surface area contributed by atoms with Crippen molar-refractivity contribution in [2.75, 3.05) is 47.5 Å². The summed E-state index contributed by atoms with van der Waals surface area (Å²) < 4.78 is 22.2. The minimum absolute atomic E-state index is 0.00132. The Balaban J connectivity index is 3.76. The lowest BCUT2D eigenvalue weighted by Crippen LogP contribution is -2.37. The van der Waals surface area contributed by atoms with Crippen molar-refractivity contribution in [3.05, 3.63) is 0 Å². The molecule has 2 unspecified atom stereocenters. The first kappa shape index (κ1) is 26.0. The van der Waals surface area contributed by atoms with E-state index in [4.69, 9.17) is 9.05 Å². The van der Waals surface area contributed by atoms with Crippen LogP contribution >= 0.6 is 7.82 Å². The minimum Gasteiger partial charge on any atom is -0.756 e. The molecular weight excluding hydrogens is 353 g/mol. The molecule has 0 aliphatic rings. The van der Waals surface area contributed by atoms with Crippen LogP contribution in [0.25, 0.3) is 0 Å². The number of phosphoric acid groups is 1. The van der Waals surface area contributed by atoms with E-state index in [0.29, 0.717) is 11.0 Å². The maximum Gasteiger partial charge on any atom is 0.268 e. The molecular formula is C19H42NO5P. The summed E-state index contributed by atoms with van der Waals surface area (Å²) in [5.74, 6) is -0.149. The first-order valence-electron chi connectivity index (χ1n) is 10.2. The van der Waals surface area contributed by atoms with Crippen molar-refractivity contribution in [2.45, 2.75) is 71.1 Å². The SMILES string of the molecule is CCCCCCCCCCCC(CO)COP(=O)([O-])OCC[N+](C)(C)C. The monoisotopic (exact) mass is 395 g/mol. The molecule has 0 bridgehead atoms. The maximum absolute atomic E-state index is 11.8. The molecule has 26 heavy (non-hydrogen) atoms. The third kappa shape index (κ3) is 17.4. The fourth-order valence-corrected chi connectivity index (χ4v) is 3.40. The van der Waals surface area contributed by atoms with Crippen LogP contribution in [0.3, 0.4) is 0 Å². The number of hydrogen-bond donors (Lipinski definition) is 1. The number of unbranched alkanes of at least 4 members (excludes halogenated alkanes) is 8. The molecule has 0 radical (unpaired) electrons. The smallest absolute Gasteiger partial charge is 0.268 e. The van der Waals surface area contributed by atoms with Crippen LogP contribution in [-0.2, 0) is 13.6 Å². The standard InChI is InChI=1S/C19H42NO5P/c1-5-6-7-8-9-10-11-12-13-14-19(17-21)18-25-26(22,23)24-16-15-20(2,3)4/h19,21H,5-18H2,1-4H3. The summed E-state index contributed by atoms with van der Waals surface area (Å²) in [5, 5.41) is 9.41. The predicted octanol–water partition coefficient (Wildman–Crippen LogP) is 3.72. The van der Waals surface area contributed by atoms with Crippen LogP contribution in [0.15, 0.2) is 0 Å². The van der Waals surface area contributed by atoms with Crippen molar-refractivity contribution in [3.8, 4) is 0 Å². The Hall–Kier alpha value is 0.0300. The van der Waals surface area contributed by atoms with E-state index in [2.05, 4.69) is 6.92 Å². The molecule has 0 aliphatic carbocycles. The molecule has 0 aromatic carbocycles. The highest BCUT2D eigenvalue weighted by Crippen LogP contribution is 2.38. The van der Waals surface area contributed by atoms with Gasteiger partial charge in [0.1, 0.15) is 13.2 Å². The highest BCUT2D eigenvalue weighted by molar-refractivity contribution is 7.45. The number of quaternary nitrogens is 1. The van der Waals surface area contributed by atoms with Crippen LogP contribution in [0.2, 0.25) is 0 Å². The Morgan fingerprint density at radius 3 is 2.00 bits per heavy atom. The zero-order valence-electron chi connectivity index (χ0n) is 17.5. The molecule has 0 rings (SSSR count). The van der Waals surface area contributed by atoms with Gasteiger partial charge in [0, 0.05) is 12.5 Å². The van der Waals surface area contributed by atoms with Crippen molar-refractivity contribution < 1.29 is 28.1 Å². The third-order valence-corrected chi connectivity index (χ3v) is 5.42. The van der Waals surface area contributed by atoms with Crippen molar-refractivity contribution in [2.24, 2.45) is 5.92 Å². The highest BCUT2D eigenvalue weighted by Gasteiger charge is 2.16. The van der Waals surface area contributed by atoms with Gasteiger partial charge in [0.2, 0.25) is 0 Å². The molecule has 6 nitrogen and oxygen atoms in total. The molecule has 0 heterocycles. The first-order chi connectivity index (χ1) is 12.2. The summed E-state index contributed by atoms with van der Waals surface area (Å²) in [7, 11) is 1.62. The summed E-state index contributed by atoms with van der Waals surface area (Å²) in [5.41, 5.74) is 0. The average molecular weight is 396 g/mol. The number of likely N-dealkylation sites (N-methyl/N-ethyl adjacent to an activating group) is 1. The van der Waals surface area contributed by atoms with Gasteiger partial charge in [-0.1, -0.05) is 64.7 Å². The molecule has 0 fully saturated rings. The average Bonchev–Trinajstić information content (AvgIpc) is 2.54. The van der Waals surface area contributed by atoms with E-state index in [9.17, 15) is 14.6 Å². The zero-order valence-corrected chi connectivity index (χ0v) is 18.3. The molecule has 0 spiro atoms. The number of nitrogens with zero attached hydrogens (tertiary/aromatic N) is 1. The van der Waals surface area contributed by atoms with Gasteiger partial charge in [-0.05, 0) is 6.42 Å². The van der Waals surface area contributed by atoms with E-state index in [1.54, 1.807) is 0 Å². The molecule has 0 aromatic rings. The van der Waals surface area contributed by atoms with Crippen LogP contribution in [0.4, 0.5) is 0 Å². The fourth-order valence-electron chi connectivity index (χ4n) is 2.63. The zero-order chi connectivity index (χ0) is 19.9. The van der Waals surface area contributed by atoms with Gasteiger partial charge < -0.3 is 23.5 Å². The summed E-state index contributed by atoms with van der Waals surface area (Å²) in [6, 6.07) is 0. The molecule has 0 amide bonds. The summed E-state index contributed by atoms with van der Waals surface area (Å²) in [6.07, 6.45) is 12.0. The maximum atomic E-state index is 11.8. The second-order valence-electron chi connectivity index (χ2n) is 8.26. The van der Waals surface area contributed by atoms with E-state index in [0.717, 1.165) is 19.3 Å². The van der Waals surface area contributed by atoms with Crippen LogP contribution in [0, 0.1) is 5.92 Å². The van der Waals surface area contributed by atoms with Crippen molar-refractivity contribution in [3.63, 3.8) is 0 Å². The predicted molar refractivity (Wildman–Crippen MR) is 105 cm³/mol. The lowest BCUT2D eigenvalue weighted by Gasteiger charge is -2.28. The summed E-state index contributed by atoms with van der Waals surface area (Å²) in [4.78, 5) is 11.8. The van der Waals surface area contributed by atoms with Gasteiger partial charge in [0.05, 0.1) is 27.7 Å². The van der Waals surface area contributed by atoms with Crippen LogP contribution < -0.4 is 4.89 Å². The molecule has 158 valence electrons. The normalized spacial score (nSPS) is 15.8. The largest absolute Gasteiger partial charge is 0.756 e. The van der Waals surface area contributed by atoms with Gasteiger partial charge in [0.25, 0.3) is 7.82 Å². The highest BCUT2D eigenvalue weighted by atomic mass is 31.2. The molecule has 7 heteroatoms. The molecule has 0 aliphatic heterocycles. The number of phosphoric ester groups is 1. The van der Waals surface area contributed by atoms with E-state index < -0.39 is 7.82 Å². The second kappa shape index (κ2) is 15.0. The van der Waals surface area contributed by atoms with Gasteiger partial charge >= 0.3 is 0 Å². The summed E-state index contributed by atoms with van der Waals surface area (Å²) in [6.45, 7) is 2.85. The number of rotatable bonds is 18. The number of aliphatic hydroxyl groups excluding tert-OH is 1. The Labute approximate surface area is 161 Å². The van der Waals surface area contributed by atoms with Gasteiger partial charge in [-0.2, -0.15) is 0 Å². The quantitative estimate of drug-likeness (QED) is 0.217. The minimum atomic E-state index is -4.28. The Bertz CT molecular complexity index is 373. The molecule has 1 N–H and O–H groups in total. The van der Waals surface area contributed by atoms with Crippen molar-refractivity contribution in [1.29, 1.82) is 0 Å². The first-order valence-corrected chi connectivity index (χ1v) is 11.7. The van der Waals surface area contributed by atoms with Gasteiger partial charge in [-0.15, -0.1) is 0 Å².